The molecule has 5 rings (SSSR count). The predicted octanol–water partition coefficient (Wildman–Crippen LogP) is 2.72. The fraction of sp³-hybridized carbons (Fsp3) is 0.562. The molecule has 0 saturated carbocycles. The first kappa shape index (κ1) is 42.1. The Balaban J connectivity index is 1.36. The number of hydrogen-bond acceptors (Lipinski definition) is 20. The molecule has 3 fully saturated rings. The molecule has 3 saturated heterocycles. The molecule has 21 nitrogen and oxygen atoms in total. The third kappa shape index (κ3) is 10.2. The largest absolute Gasteiger partial charge is 0.455 e. The zero-order valence-corrected chi connectivity index (χ0v) is 32.3. The van der Waals surface area contributed by atoms with E-state index in [1.165, 1.54) is 24.8 Å². The molecule has 3 aliphatic heterocycles. The minimum Gasteiger partial charge on any atom is -0.455 e. The molecule has 55 heavy (non-hydrogen) atoms. The van der Waals surface area contributed by atoms with Gasteiger partial charge in [-0.15, -0.1) is 13.2 Å². The zero-order chi connectivity index (χ0) is 40.1. The van der Waals surface area contributed by atoms with E-state index in [-0.39, 0.29) is 19.0 Å². The molecule has 0 aliphatic carbocycles. The highest BCUT2D eigenvalue weighted by Gasteiger charge is 2.57. The van der Waals surface area contributed by atoms with Crippen LogP contribution in [0.1, 0.15) is 40.8 Å². The van der Waals surface area contributed by atoms with Crippen molar-refractivity contribution in [2.75, 3.05) is 32.2 Å². The third-order valence-electron chi connectivity index (χ3n) is 7.81. The Morgan fingerprint density at radius 1 is 0.836 bits per heavy atom. The maximum absolute atomic E-state index is 14.0. The van der Waals surface area contributed by atoms with Gasteiger partial charge in [0.15, 0.2) is 29.6 Å². The number of ether oxygens (including phenoxy) is 7. The molecule has 3 aliphatic rings. The van der Waals surface area contributed by atoms with E-state index in [9.17, 15) is 23.5 Å². The Labute approximate surface area is 315 Å². The molecule has 0 aromatic carbocycles. The SMILES string of the molecule is C=CCOP(=O)(C#CP(=O)(OCC=C)OC[C@H]1O[C@@H](n2cnc3c(N)ncnc32)[C@@H]2OC(C)(C)O[C@@H]21)OC[C@H]1OC(OC(C)=O)[C@H](OC(C)=O)[C@@H]1OC(C)=O. The monoisotopic (exact) mass is 813 g/mol. The van der Waals surface area contributed by atoms with Crippen molar-refractivity contribution in [3.8, 4) is 11.3 Å². The maximum Gasteiger partial charge on any atom is 0.406 e. The lowest BCUT2D eigenvalue weighted by molar-refractivity contribution is -0.199. The highest BCUT2D eigenvalue weighted by atomic mass is 31.2. The van der Waals surface area contributed by atoms with Crippen LogP contribution in [-0.2, 0) is 74.8 Å². The normalized spacial score (nSPS) is 28.9. The molecule has 5 heterocycles. The molecule has 0 spiro atoms. The molecular formula is C32H41N5O16P2. The summed E-state index contributed by atoms with van der Waals surface area (Å²) in [6, 6.07) is 0. The number of hydrogen-bond donors (Lipinski definition) is 1. The molecule has 3 unspecified atom stereocenters. The Hall–Kier alpha value is -4.06. The molecule has 2 aromatic heterocycles. The standard InChI is InChI=1S/C32H41N5O16P2/c1-8-10-43-54(41,45-14-21-24(47-18(3)38)27(48-19(4)39)31(51-21)49-20(5)40)12-13-55(42,44-11-9-2)46-15-22-25-26(53-32(6,7)52-25)30(50-22)37-17-36-23-28(33)34-16-35-29(23)37/h8-9,16-17,21-22,24-27,30-31H,1-2,10-11,14-15H2,3-7H3,(H2,33,34,35)/t21-,22-,24-,25-,26-,27-,30-,31?,54?,55?/m1/s1. The Morgan fingerprint density at radius 2 is 1.40 bits per heavy atom. The minimum absolute atomic E-state index is 0.164. The molecule has 0 bridgehead atoms. The van der Waals surface area contributed by atoms with Gasteiger partial charge in [0.2, 0.25) is 12.4 Å². The van der Waals surface area contributed by atoms with Crippen molar-refractivity contribution >= 4 is 50.1 Å². The number of fused-ring (bicyclic) bond motifs is 2. The van der Waals surface area contributed by atoms with Gasteiger partial charge in [-0.25, -0.2) is 24.1 Å². The summed E-state index contributed by atoms with van der Waals surface area (Å²) in [5.41, 5.74) is 11.2. The second-order valence-corrected chi connectivity index (χ2v) is 16.0. The first-order chi connectivity index (χ1) is 26.0. The molecule has 2 N–H and O–H groups in total. The number of nitrogen functional groups attached to an aromatic ring is 1. The number of imidazole rings is 1. The van der Waals surface area contributed by atoms with Crippen molar-refractivity contribution in [3.05, 3.63) is 38.0 Å². The van der Waals surface area contributed by atoms with Crippen LogP contribution in [0, 0.1) is 11.3 Å². The number of aromatic nitrogens is 4. The van der Waals surface area contributed by atoms with Gasteiger partial charge < -0.3 is 38.9 Å². The van der Waals surface area contributed by atoms with Crippen LogP contribution in [0.2, 0.25) is 0 Å². The van der Waals surface area contributed by atoms with Gasteiger partial charge in [-0.1, -0.05) is 12.2 Å². The first-order valence-electron chi connectivity index (χ1n) is 16.6. The van der Waals surface area contributed by atoms with Crippen molar-refractivity contribution in [3.63, 3.8) is 0 Å². The van der Waals surface area contributed by atoms with E-state index in [1.807, 2.05) is 0 Å². The van der Waals surface area contributed by atoms with Crippen LogP contribution in [0.15, 0.2) is 38.0 Å². The second kappa shape index (κ2) is 17.4. The third-order valence-corrected chi connectivity index (χ3v) is 10.7. The lowest BCUT2D eigenvalue weighted by Gasteiger charge is -2.25. The summed E-state index contributed by atoms with van der Waals surface area (Å²) in [5.74, 6) is -3.28. The lowest BCUT2D eigenvalue weighted by Crippen LogP contribution is -2.41. The predicted molar refractivity (Wildman–Crippen MR) is 186 cm³/mol. The van der Waals surface area contributed by atoms with Gasteiger partial charge in [-0.2, -0.15) is 0 Å². The molecule has 10 atom stereocenters. The van der Waals surface area contributed by atoms with E-state index in [0.717, 1.165) is 20.8 Å². The van der Waals surface area contributed by atoms with Crippen molar-refractivity contribution in [1.82, 2.24) is 19.5 Å². The summed E-state index contributed by atoms with van der Waals surface area (Å²) in [6.07, 6.45) is -3.53. The lowest BCUT2D eigenvalue weighted by atomic mass is 10.1. The van der Waals surface area contributed by atoms with Crippen molar-refractivity contribution in [2.45, 2.75) is 89.5 Å². The van der Waals surface area contributed by atoms with Crippen LogP contribution >= 0.6 is 15.2 Å². The number of nitrogens with two attached hydrogens (primary N) is 1. The van der Waals surface area contributed by atoms with Crippen molar-refractivity contribution < 1.29 is 74.8 Å². The van der Waals surface area contributed by atoms with E-state index in [4.69, 9.17) is 57.0 Å². The Morgan fingerprint density at radius 3 is 1.98 bits per heavy atom. The molecule has 2 aromatic rings. The number of anilines is 1. The molecule has 0 amide bonds. The molecule has 0 radical (unpaired) electrons. The number of nitrogens with zero attached hydrogens (tertiary/aromatic N) is 4. The average Bonchev–Trinajstić information content (AvgIpc) is 3.85. The van der Waals surface area contributed by atoms with Crippen LogP contribution in [0.25, 0.3) is 11.2 Å². The second-order valence-electron chi connectivity index (χ2n) is 12.5. The first-order valence-corrected chi connectivity index (χ1v) is 19.7. The van der Waals surface area contributed by atoms with E-state index < -0.39 is 101 Å². The van der Waals surface area contributed by atoms with Gasteiger partial charge in [0.1, 0.15) is 36.3 Å². The summed E-state index contributed by atoms with van der Waals surface area (Å²) < 4.78 is 91.6. The highest BCUT2D eigenvalue weighted by Crippen LogP contribution is 2.54. The van der Waals surface area contributed by atoms with Gasteiger partial charge in [0.05, 0.1) is 32.8 Å². The minimum atomic E-state index is -4.56. The number of carbonyl (C=O) groups excluding carboxylic acids is 3. The van der Waals surface area contributed by atoms with E-state index in [1.54, 1.807) is 18.4 Å². The molecule has 23 heteroatoms. The average molecular weight is 814 g/mol. The molecular weight excluding hydrogens is 772 g/mol. The summed E-state index contributed by atoms with van der Waals surface area (Å²) in [6.45, 7) is 12.0. The fourth-order valence-electron chi connectivity index (χ4n) is 5.78. The zero-order valence-electron chi connectivity index (χ0n) is 30.5. The fourth-order valence-corrected chi connectivity index (χ4v) is 8.46. The number of rotatable bonds is 16. The van der Waals surface area contributed by atoms with Gasteiger partial charge in [-0.05, 0) is 13.8 Å². The summed E-state index contributed by atoms with van der Waals surface area (Å²) in [4.78, 5) is 48.1. The smallest absolute Gasteiger partial charge is 0.406 e. The van der Waals surface area contributed by atoms with Gasteiger partial charge >= 0.3 is 33.1 Å². The van der Waals surface area contributed by atoms with Gasteiger partial charge in [-0.3, -0.25) is 37.0 Å². The highest BCUT2D eigenvalue weighted by molar-refractivity contribution is 7.63. The summed E-state index contributed by atoms with van der Waals surface area (Å²) in [7, 11) is -9.04. The molecule has 300 valence electrons. The Kier molecular flexibility index (Phi) is 13.3. The van der Waals surface area contributed by atoms with Crippen LogP contribution in [0.5, 0.6) is 0 Å². The van der Waals surface area contributed by atoms with E-state index in [0.29, 0.717) is 11.2 Å². The van der Waals surface area contributed by atoms with E-state index >= 15 is 0 Å². The van der Waals surface area contributed by atoms with Gasteiger partial charge in [0.25, 0.3) is 0 Å². The van der Waals surface area contributed by atoms with Crippen LogP contribution in [-0.4, -0.2) is 113 Å². The topological polar surface area (TPSA) is 256 Å². The summed E-state index contributed by atoms with van der Waals surface area (Å²) in [5, 5.41) is 0. The Bertz CT molecular complexity index is 1950. The van der Waals surface area contributed by atoms with Crippen molar-refractivity contribution in [2.24, 2.45) is 0 Å². The summed E-state index contributed by atoms with van der Waals surface area (Å²) >= 11 is 0. The van der Waals surface area contributed by atoms with Crippen molar-refractivity contribution in [1.29, 1.82) is 0 Å². The maximum atomic E-state index is 14.0. The van der Waals surface area contributed by atoms with E-state index in [2.05, 4.69) is 39.4 Å². The van der Waals surface area contributed by atoms with Crippen LogP contribution in [0.4, 0.5) is 5.82 Å². The number of esters is 3. The number of carbonyl (C=O) groups is 3. The van der Waals surface area contributed by atoms with Gasteiger partial charge in [0, 0.05) is 32.1 Å². The van der Waals surface area contributed by atoms with Crippen LogP contribution < -0.4 is 5.73 Å². The quantitative estimate of drug-likeness (QED) is 0.0840. The van der Waals surface area contributed by atoms with Crippen LogP contribution in [0.3, 0.4) is 0 Å².